The number of nitro groups is 1. The molecular formula is C17H16N2O3. The van der Waals surface area contributed by atoms with Gasteiger partial charge in [0.1, 0.15) is 11.3 Å². The van der Waals surface area contributed by atoms with E-state index in [1.807, 2.05) is 43.4 Å². The summed E-state index contributed by atoms with van der Waals surface area (Å²) in [6.07, 6.45) is 0. The van der Waals surface area contributed by atoms with Gasteiger partial charge in [-0.3, -0.25) is 15.0 Å². The summed E-state index contributed by atoms with van der Waals surface area (Å²) in [7, 11) is 1.96. The molecule has 3 aromatic rings. The maximum absolute atomic E-state index is 10.8. The molecule has 0 aliphatic carbocycles. The first kappa shape index (κ1) is 14.3. The molecule has 0 unspecified atom stereocenters. The number of nitro benzene ring substituents is 1. The van der Waals surface area contributed by atoms with Crippen LogP contribution in [0.2, 0.25) is 0 Å². The van der Waals surface area contributed by atoms with Crippen LogP contribution >= 0.6 is 0 Å². The lowest BCUT2D eigenvalue weighted by atomic mass is 10.2. The fourth-order valence-corrected chi connectivity index (χ4v) is 2.52. The van der Waals surface area contributed by atoms with Gasteiger partial charge in [0.2, 0.25) is 0 Å². The van der Waals surface area contributed by atoms with Crippen LogP contribution in [0.15, 0.2) is 59.0 Å². The third-order valence-corrected chi connectivity index (χ3v) is 3.48. The van der Waals surface area contributed by atoms with E-state index in [0.717, 1.165) is 22.3 Å². The van der Waals surface area contributed by atoms with Crippen LogP contribution in [0.5, 0.6) is 0 Å². The minimum absolute atomic E-state index is 0.120. The molecule has 0 saturated carbocycles. The summed E-state index contributed by atoms with van der Waals surface area (Å²) in [6.45, 7) is 1.27. The normalized spacial score (nSPS) is 11.2. The lowest BCUT2D eigenvalue weighted by Gasteiger charge is -2.14. The first-order chi connectivity index (χ1) is 10.6. The van der Waals surface area contributed by atoms with Gasteiger partial charge < -0.3 is 4.42 Å². The highest BCUT2D eigenvalue weighted by Gasteiger charge is 2.10. The molecule has 1 heterocycles. The van der Waals surface area contributed by atoms with Gasteiger partial charge >= 0.3 is 0 Å². The number of nitrogens with zero attached hydrogens (tertiary/aromatic N) is 2. The number of non-ortho nitro benzene ring substituents is 1. The second-order valence-electron chi connectivity index (χ2n) is 5.35. The van der Waals surface area contributed by atoms with E-state index in [4.69, 9.17) is 4.42 Å². The van der Waals surface area contributed by atoms with Crippen molar-refractivity contribution in [2.24, 2.45) is 0 Å². The van der Waals surface area contributed by atoms with Crippen molar-refractivity contribution in [3.8, 4) is 0 Å². The highest BCUT2D eigenvalue weighted by atomic mass is 16.6. The number of fused-ring (bicyclic) bond motifs is 1. The summed E-state index contributed by atoms with van der Waals surface area (Å²) < 4.78 is 5.79. The van der Waals surface area contributed by atoms with Gasteiger partial charge in [-0.05, 0) is 24.7 Å². The standard InChI is InChI=1S/C17H16N2O3/c1-18(11-13-5-4-7-15(9-13)19(20)21)12-16-10-14-6-2-3-8-17(14)22-16/h2-10H,11-12H2,1H3. The zero-order valence-electron chi connectivity index (χ0n) is 12.2. The second kappa shape index (κ2) is 5.99. The fourth-order valence-electron chi connectivity index (χ4n) is 2.52. The minimum atomic E-state index is -0.372. The summed E-state index contributed by atoms with van der Waals surface area (Å²) in [6, 6.07) is 16.6. The van der Waals surface area contributed by atoms with Crippen molar-refractivity contribution in [1.82, 2.24) is 4.90 Å². The number of furan rings is 1. The van der Waals surface area contributed by atoms with E-state index in [1.54, 1.807) is 12.1 Å². The molecule has 0 aliphatic rings. The van der Waals surface area contributed by atoms with Crippen LogP contribution in [0, 0.1) is 10.1 Å². The molecule has 0 fully saturated rings. The monoisotopic (exact) mass is 296 g/mol. The van der Waals surface area contributed by atoms with Gasteiger partial charge in [-0.2, -0.15) is 0 Å². The van der Waals surface area contributed by atoms with E-state index in [-0.39, 0.29) is 10.6 Å². The molecule has 0 amide bonds. The Hall–Kier alpha value is -2.66. The molecule has 1 aromatic heterocycles. The van der Waals surface area contributed by atoms with E-state index >= 15 is 0 Å². The molecule has 112 valence electrons. The molecule has 2 aromatic carbocycles. The van der Waals surface area contributed by atoms with Gasteiger partial charge in [-0.25, -0.2) is 0 Å². The van der Waals surface area contributed by atoms with Gasteiger partial charge in [-0.1, -0.05) is 30.3 Å². The van der Waals surface area contributed by atoms with Crippen LogP contribution in [0.1, 0.15) is 11.3 Å². The highest BCUT2D eigenvalue weighted by molar-refractivity contribution is 5.77. The average molecular weight is 296 g/mol. The molecule has 0 atom stereocenters. The molecule has 0 spiro atoms. The number of hydrogen-bond acceptors (Lipinski definition) is 4. The summed E-state index contributed by atoms with van der Waals surface area (Å²) in [4.78, 5) is 12.5. The topological polar surface area (TPSA) is 59.5 Å². The summed E-state index contributed by atoms with van der Waals surface area (Å²) in [5, 5.41) is 11.9. The molecule has 0 radical (unpaired) electrons. The van der Waals surface area contributed by atoms with E-state index in [2.05, 4.69) is 4.90 Å². The Morgan fingerprint density at radius 2 is 1.91 bits per heavy atom. The molecule has 0 N–H and O–H groups in total. The largest absolute Gasteiger partial charge is 0.460 e. The SMILES string of the molecule is CN(Cc1cccc([N+](=O)[O-])c1)Cc1cc2ccccc2o1. The lowest BCUT2D eigenvalue weighted by molar-refractivity contribution is -0.384. The van der Waals surface area contributed by atoms with Crippen molar-refractivity contribution in [2.75, 3.05) is 7.05 Å². The maximum atomic E-state index is 10.8. The van der Waals surface area contributed by atoms with E-state index in [0.29, 0.717) is 13.1 Å². The first-order valence-corrected chi connectivity index (χ1v) is 7.01. The zero-order chi connectivity index (χ0) is 15.5. The van der Waals surface area contributed by atoms with Crippen molar-refractivity contribution < 1.29 is 9.34 Å². The molecule has 5 nitrogen and oxygen atoms in total. The van der Waals surface area contributed by atoms with Gasteiger partial charge in [0.05, 0.1) is 11.5 Å². The Kier molecular flexibility index (Phi) is 3.89. The number of rotatable bonds is 5. The van der Waals surface area contributed by atoms with Crippen LogP contribution in [0.4, 0.5) is 5.69 Å². The quantitative estimate of drug-likeness (QED) is 0.528. The third-order valence-electron chi connectivity index (χ3n) is 3.48. The molecule has 0 aliphatic heterocycles. The van der Waals surface area contributed by atoms with Crippen molar-refractivity contribution >= 4 is 16.7 Å². The Morgan fingerprint density at radius 3 is 2.68 bits per heavy atom. The van der Waals surface area contributed by atoms with Crippen molar-refractivity contribution in [3.05, 3.63) is 76.0 Å². The van der Waals surface area contributed by atoms with Crippen LogP contribution < -0.4 is 0 Å². The molecule has 22 heavy (non-hydrogen) atoms. The summed E-state index contributed by atoms with van der Waals surface area (Å²) in [5.41, 5.74) is 1.91. The van der Waals surface area contributed by atoms with Gasteiger partial charge in [-0.15, -0.1) is 0 Å². The number of hydrogen-bond donors (Lipinski definition) is 0. The smallest absolute Gasteiger partial charge is 0.269 e. The molecule has 3 rings (SSSR count). The molecule has 0 saturated heterocycles. The summed E-state index contributed by atoms with van der Waals surface area (Å²) >= 11 is 0. The van der Waals surface area contributed by atoms with E-state index < -0.39 is 0 Å². The maximum Gasteiger partial charge on any atom is 0.269 e. The van der Waals surface area contributed by atoms with E-state index in [9.17, 15) is 10.1 Å². The predicted molar refractivity (Wildman–Crippen MR) is 84.5 cm³/mol. The van der Waals surface area contributed by atoms with Crippen LogP contribution in [-0.4, -0.2) is 16.9 Å². The fraction of sp³-hybridized carbons (Fsp3) is 0.176. The van der Waals surface area contributed by atoms with Gasteiger partial charge in [0, 0.05) is 24.1 Å². The van der Waals surface area contributed by atoms with Gasteiger partial charge in [0.25, 0.3) is 5.69 Å². The van der Waals surface area contributed by atoms with E-state index in [1.165, 1.54) is 6.07 Å². The molecule has 0 bridgehead atoms. The Morgan fingerprint density at radius 1 is 1.09 bits per heavy atom. The first-order valence-electron chi connectivity index (χ1n) is 7.01. The Labute approximate surface area is 127 Å². The van der Waals surface area contributed by atoms with Crippen molar-refractivity contribution in [1.29, 1.82) is 0 Å². The zero-order valence-corrected chi connectivity index (χ0v) is 12.2. The molecule has 5 heteroatoms. The van der Waals surface area contributed by atoms with Crippen LogP contribution in [-0.2, 0) is 13.1 Å². The van der Waals surface area contributed by atoms with Gasteiger partial charge in [0.15, 0.2) is 0 Å². The minimum Gasteiger partial charge on any atom is -0.460 e. The molecular weight excluding hydrogens is 280 g/mol. The third kappa shape index (κ3) is 3.15. The Balaban J connectivity index is 1.70. The van der Waals surface area contributed by atoms with Crippen LogP contribution in [0.25, 0.3) is 11.0 Å². The highest BCUT2D eigenvalue weighted by Crippen LogP contribution is 2.20. The number of para-hydroxylation sites is 1. The average Bonchev–Trinajstić information content (AvgIpc) is 2.89. The van der Waals surface area contributed by atoms with Crippen molar-refractivity contribution in [3.63, 3.8) is 0 Å². The van der Waals surface area contributed by atoms with Crippen molar-refractivity contribution in [2.45, 2.75) is 13.1 Å². The van der Waals surface area contributed by atoms with Crippen LogP contribution in [0.3, 0.4) is 0 Å². The predicted octanol–water partition coefficient (Wildman–Crippen LogP) is 3.97. The summed E-state index contributed by atoms with van der Waals surface area (Å²) in [5.74, 6) is 0.883. The number of benzene rings is 2. The Bertz CT molecular complexity index is 777. The second-order valence-corrected chi connectivity index (χ2v) is 5.35. The lowest BCUT2D eigenvalue weighted by Crippen LogP contribution is -2.16.